The summed E-state index contributed by atoms with van der Waals surface area (Å²) in [5.41, 5.74) is 4.07. The Morgan fingerprint density at radius 3 is 2.22 bits per heavy atom. The number of halogens is 3. The third-order valence-corrected chi connectivity index (χ3v) is 8.14. The van der Waals surface area contributed by atoms with Crippen molar-refractivity contribution in [3.63, 3.8) is 0 Å². The van der Waals surface area contributed by atoms with Gasteiger partial charge in [-0.3, -0.25) is 0 Å². The van der Waals surface area contributed by atoms with E-state index in [-0.39, 0.29) is 17.1 Å². The molecule has 1 aliphatic carbocycles. The monoisotopic (exact) mass is 560 g/mol. The molecule has 0 saturated carbocycles. The van der Waals surface area contributed by atoms with Gasteiger partial charge in [0.2, 0.25) is 5.82 Å². The van der Waals surface area contributed by atoms with Gasteiger partial charge < -0.3 is 4.74 Å². The fraction of sp³-hybridized carbons (Fsp3) is 0.405. The summed E-state index contributed by atoms with van der Waals surface area (Å²) in [5, 5.41) is 0. The van der Waals surface area contributed by atoms with Gasteiger partial charge in [0.15, 0.2) is 11.6 Å². The zero-order valence-electron chi connectivity index (χ0n) is 24.5. The van der Waals surface area contributed by atoms with Gasteiger partial charge in [-0.05, 0) is 91.8 Å². The van der Waals surface area contributed by atoms with E-state index in [0.29, 0.717) is 23.7 Å². The Labute approximate surface area is 244 Å². The first-order chi connectivity index (χ1) is 20.0. The van der Waals surface area contributed by atoms with Gasteiger partial charge in [0.25, 0.3) is 0 Å². The molecule has 3 aromatic rings. The number of hydrogen-bond acceptors (Lipinski definition) is 1. The van der Waals surface area contributed by atoms with E-state index in [9.17, 15) is 8.78 Å². The zero-order valence-corrected chi connectivity index (χ0v) is 24.5. The molecule has 4 rings (SSSR count). The van der Waals surface area contributed by atoms with Gasteiger partial charge in [-0.1, -0.05) is 93.7 Å². The highest BCUT2D eigenvalue weighted by molar-refractivity contribution is 5.74. The summed E-state index contributed by atoms with van der Waals surface area (Å²) in [4.78, 5) is 0. The van der Waals surface area contributed by atoms with E-state index in [4.69, 9.17) is 4.74 Å². The third kappa shape index (κ3) is 8.38. The molecule has 0 saturated heterocycles. The lowest BCUT2D eigenvalue weighted by atomic mass is 9.84. The molecule has 1 aliphatic rings. The second-order valence-electron chi connectivity index (χ2n) is 11.1. The standard InChI is InChI=1S/C37H43F3O/c1-3-5-7-8-9-11-25-41-35-24-23-33(36(39)37(35)40)30-19-17-28(18-20-30)31-21-22-32(34(38)26-31)29-15-13-27(14-16-29)12-10-6-4-2/h4,6,15,17-24,26-27H,3,5,7-14,16,25H2,1-2H3/b6-4+. The predicted octanol–water partition coefficient (Wildman–Crippen LogP) is 11.7. The highest BCUT2D eigenvalue weighted by Gasteiger charge is 2.18. The number of unbranched alkanes of at least 4 members (excludes halogenated alkanes) is 5. The normalized spacial score (nSPS) is 15.3. The van der Waals surface area contributed by atoms with Crippen molar-refractivity contribution in [2.45, 2.75) is 84.5 Å². The van der Waals surface area contributed by atoms with Crippen LogP contribution in [0.4, 0.5) is 13.2 Å². The quantitative estimate of drug-likeness (QED) is 0.141. The van der Waals surface area contributed by atoms with Crippen LogP contribution in [0.5, 0.6) is 5.75 Å². The number of rotatable bonds is 14. The van der Waals surface area contributed by atoms with Gasteiger partial charge >= 0.3 is 0 Å². The van der Waals surface area contributed by atoms with Crippen molar-refractivity contribution in [1.82, 2.24) is 0 Å². The predicted molar refractivity (Wildman–Crippen MR) is 165 cm³/mol. The lowest BCUT2D eigenvalue weighted by Crippen LogP contribution is -2.06. The molecular weight excluding hydrogens is 517 g/mol. The minimum absolute atomic E-state index is 0.0516. The first kappa shape index (κ1) is 30.7. The Kier molecular flexibility index (Phi) is 11.7. The molecular formula is C37H43F3O. The Bertz CT molecular complexity index is 1320. The number of hydrogen-bond donors (Lipinski definition) is 0. The van der Waals surface area contributed by atoms with Gasteiger partial charge in [-0.25, -0.2) is 8.78 Å². The van der Waals surface area contributed by atoms with E-state index in [1.165, 1.54) is 31.7 Å². The lowest BCUT2D eigenvalue weighted by molar-refractivity contribution is 0.285. The second-order valence-corrected chi connectivity index (χ2v) is 11.1. The van der Waals surface area contributed by atoms with Gasteiger partial charge in [-0.2, -0.15) is 4.39 Å². The molecule has 0 amide bonds. The van der Waals surface area contributed by atoms with Crippen molar-refractivity contribution in [3.8, 4) is 28.0 Å². The molecule has 0 radical (unpaired) electrons. The summed E-state index contributed by atoms with van der Waals surface area (Å²) < 4.78 is 50.4. The molecule has 1 unspecified atom stereocenters. The van der Waals surface area contributed by atoms with Crippen LogP contribution < -0.4 is 4.74 Å². The van der Waals surface area contributed by atoms with E-state index in [2.05, 4.69) is 25.2 Å². The van der Waals surface area contributed by atoms with Crippen molar-refractivity contribution in [2.24, 2.45) is 5.92 Å². The molecule has 1 atom stereocenters. The minimum Gasteiger partial charge on any atom is -0.490 e. The van der Waals surface area contributed by atoms with E-state index < -0.39 is 11.6 Å². The van der Waals surface area contributed by atoms with Crippen LogP contribution in [0, 0.1) is 23.4 Å². The lowest BCUT2D eigenvalue weighted by Gasteiger charge is -2.22. The largest absolute Gasteiger partial charge is 0.490 e. The van der Waals surface area contributed by atoms with Crippen LogP contribution in [0.1, 0.15) is 90.0 Å². The highest BCUT2D eigenvalue weighted by atomic mass is 19.2. The first-order valence-electron chi connectivity index (χ1n) is 15.3. The Hall–Kier alpha value is -3.27. The van der Waals surface area contributed by atoms with Crippen molar-refractivity contribution in [2.75, 3.05) is 6.61 Å². The fourth-order valence-electron chi connectivity index (χ4n) is 5.62. The Balaban J connectivity index is 1.38. The Morgan fingerprint density at radius 1 is 0.805 bits per heavy atom. The van der Waals surface area contributed by atoms with Crippen molar-refractivity contribution in [1.29, 1.82) is 0 Å². The van der Waals surface area contributed by atoms with E-state index in [1.54, 1.807) is 24.3 Å². The molecule has 1 nitrogen and oxygen atoms in total. The van der Waals surface area contributed by atoms with Crippen LogP contribution in [0.2, 0.25) is 0 Å². The average molecular weight is 561 g/mol. The van der Waals surface area contributed by atoms with Crippen molar-refractivity contribution >= 4 is 5.57 Å². The zero-order chi connectivity index (χ0) is 29.0. The number of allylic oxidation sites excluding steroid dienone is 4. The maximum atomic E-state index is 15.2. The van der Waals surface area contributed by atoms with Crippen LogP contribution in [0.3, 0.4) is 0 Å². The molecule has 0 aromatic heterocycles. The smallest absolute Gasteiger partial charge is 0.201 e. The van der Waals surface area contributed by atoms with Crippen LogP contribution >= 0.6 is 0 Å². The number of benzene rings is 3. The highest BCUT2D eigenvalue weighted by Crippen LogP contribution is 2.36. The maximum Gasteiger partial charge on any atom is 0.201 e. The summed E-state index contributed by atoms with van der Waals surface area (Å²) in [6, 6.07) is 15.5. The Morgan fingerprint density at radius 2 is 1.51 bits per heavy atom. The van der Waals surface area contributed by atoms with E-state index in [0.717, 1.165) is 61.6 Å². The molecule has 0 aliphatic heterocycles. The topological polar surface area (TPSA) is 9.23 Å². The third-order valence-electron chi connectivity index (χ3n) is 8.14. The maximum absolute atomic E-state index is 15.2. The van der Waals surface area contributed by atoms with Crippen LogP contribution in [0.15, 0.2) is 72.8 Å². The molecule has 0 fully saturated rings. The molecule has 4 heteroatoms. The summed E-state index contributed by atoms with van der Waals surface area (Å²) in [6.07, 6.45) is 18.4. The van der Waals surface area contributed by atoms with E-state index in [1.807, 2.05) is 31.2 Å². The van der Waals surface area contributed by atoms with Crippen LogP contribution in [-0.4, -0.2) is 6.61 Å². The SMILES string of the molecule is C/C=C/CCC1CC=C(c2ccc(-c3ccc(-c4ccc(OCCCCCCCC)c(F)c4F)cc3)cc2F)CC1. The summed E-state index contributed by atoms with van der Waals surface area (Å²) >= 11 is 0. The van der Waals surface area contributed by atoms with Gasteiger partial charge in [0.1, 0.15) is 5.82 Å². The molecule has 3 aromatic carbocycles. The molecule has 218 valence electrons. The summed E-state index contributed by atoms with van der Waals surface area (Å²) in [7, 11) is 0. The van der Waals surface area contributed by atoms with Crippen molar-refractivity contribution in [3.05, 3.63) is 95.8 Å². The van der Waals surface area contributed by atoms with Gasteiger partial charge in [0.05, 0.1) is 6.61 Å². The van der Waals surface area contributed by atoms with E-state index >= 15 is 4.39 Å². The second kappa shape index (κ2) is 15.7. The van der Waals surface area contributed by atoms with Gasteiger partial charge in [0, 0.05) is 11.1 Å². The average Bonchev–Trinajstić information content (AvgIpc) is 2.99. The first-order valence-corrected chi connectivity index (χ1v) is 15.3. The molecule has 41 heavy (non-hydrogen) atoms. The molecule has 0 N–H and O–H groups in total. The molecule has 0 spiro atoms. The summed E-state index contributed by atoms with van der Waals surface area (Å²) in [6.45, 7) is 4.60. The summed E-state index contributed by atoms with van der Waals surface area (Å²) in [5.74, 6) is -1.49. The van der Waals surface area contributed by atoms with Gasteiger partial charge in [-0.15, -0.1) is 0 Å². The van der Waals surface area contributed by atoms with Crippen LogP contribution in [-0.2, 0) is 0 Å². The number of ether oxygens (including phenoxy) is 1. The van der Waals surface area contributed by atoms with Crippen LogP contribution in [0.25, 0.3) is 27.8 Å². The fourth-order valence-corrected chi connectivity index (χ4v) is 5.62. The minimum atomic E-state index is -0.962. The van der Waals surface area contributed by atoms with Crippen molar-refractivity contribution < 1.29 is 17.9 Å². The molecule has 0 heterocycles. The molecule has 0 bridgehead atoms.